The lowest BCUT2D eigenvalue weighted by molar-refractivity contribution is 0.660. The molecule has 0 saturated heterocycles. The molecule has 1 heterocycles. The molecule has 1 nitrogen and oxygen atoms in total. The summed E-state index contributed by atoms with van der Waals surface area (Å²) < 4.78 is 2.65. The van der Waals surface area contributed by atoms with Gasteiger partial charge in [0.2, 0.25) is 0 Å². The first-order valence-electron chi connectivity index (χ1n) is 15.6. The standard InChI is InChI=1S/C43H31NS/c1-43(2)37-16-9-8-15-34(37)35-26-24-32(27-38(35)43)44(31-22-19-29(20-23-31)28-11-4-3-5-12-28)39-17-10-18-40-41(39)36-25-21-30-13-6-7-14-33(30)42(36)45-40/h3-27H,1-2H3. The molecule has 8 aromatic rings. The van der Waals surface area contributed by atoms with E-state index in [2.05, 4.69) is 170 Å². The Morgan fingerprint density at radius 3 is 2.09 bits per heavy atom. The van der Waals surface area contributed by atoms with Crippen molar-refractivity contribution >= 4 is 59.3 Å². The molecule has 0 fully saturated rings. The number of rotatable bonds is 4. The molecule has 1 aromatic heterocycles. The van der Waals surface area contributed by atoms with Crippen LogP contribution in [-0.4, -0.2) is 0 Å². The van der Waals surface area contributed by atoms with Crippen molar-refractivity contribution in [1.82, 2.24) is 0 Å². The number of hydrogen-bond donors (Lipinski definition) is 0. The van der Waals surface area contributed by atoms with Crippen LogP contribution in [0.5, 0.6) is 0 Å². The van der Waals surface area contributed by atoms with Crippen LogP contribution < -0.4 is 4.90 Å². The number of fused-ring (bicyclic) bond motifs is 8. The first-order chi connectivity index (χ1) is 22.1. The van der Waals surface area contributed by atoms with Crippen molar-refractivity contribution in [2.75, 3.05) is 4.90 Å². The van der Waals surface area contributed by atoms with E-state index in [-0.39, 0.29) is 5.41 Å². The average Bonchev–Trinajstić information content (AvgIpc) is 3.59. The Kier molecular flexibility index (Phi) is 5.78. The molecule has 0 saturated carbocycles. The molecule has 1 aliphatic rings. The predicted octanol–water partition coefficient (Wildman–Crippen LogP) is 12.7. The second-order valence-electron chi connectivity index (χ2n) is 12.6. The van der Waals surface area contributed by atoms with Gasteiger partial charge in [-0.3, -0.25) is 0 Å². The zero-order chi connectivity index (χ0) is 30.1. The van der Waals surface area contributed by atoms with Crippen molar-refractivity contribution in [1.29, 1.82) is 0 Å². The van der Waals surface area contributed by atoms with Gasteiger partial charge < -0.3 is 4.90 Å². The largest absolute Gasteiger partial charge is 0.310 e. The summed E-state index contributed by atoms with van der Waals surface area (Å²) in [7, 11) is 0. The van der Waals surface area contributed by atoms with Crippen LogP contribution in [0.25, 0.3) is 53.2 Å². The average molecular weight is 594 g/mol. The van der Waals surface area contributed by atoms with Gasteiger partial charge in [0.05, 0.1) is 5.69 Å². The molecule has 0 spiro atoms. The van der Waals surface area contributed by atoms with Crippen molar-refractivity contribution < 1.29 is 0 Å². The summed E-state index contributed by atoms with van der Waals surface area (Å²) in [5.74, 6) is 0. The van der Waals surface area contributed by atoms with Gasteiger partial charge in [-0.25, -0.2) is 0 Å². The molecule has 7 aromatic carbocycles. The Hall–Kier alpha value is -5.18. The van der Waals surface area contributed by atoms with Gasteiger partial charge in [-0.05, 0) is 80.6 Å². The van der Waals surface area contributed by atoms with Gasteiger partial charge in [0.1, 0.15) is 0 Å². The van der Waals surface area contributed by atoms with Crippen molar-refractivity contribution in [3.63, 3.8) is 0 Å². The SMILES string of the molecule is CC1(C)c2ccccc2-c2ccc(N(c3ccc(-c4ccccc4)cc3)c3cccc4sc5c6ccccc6ccc5c34)cc21. The molecule has 214 valence electrons. The molecule has 0 unspecified atom stereocenters. The summed E-state index contributed by atoms with van der Waals surface area (Å²) in [4.78, 5) is 2.47. The van der Waals surface area contributed by atoms with Gasteiger partial charge in [0.15, 0.2) is 0 Å². The smallest absolute Gasteiger partial charge is 0.0554 e. The van der Waals surface area contributed by atoms with Crippen molar-refractivity contribution in [2.45, 2.75) is 19.3 Å². The fourth-order valence-corrected chi connectivity index (χ4v) is 8.67. The van der Waals surface area contributed by atoms with E-state index in [0.29, 0.717) is 0 Å². The molecule has 1 aliphatic carbocycles. The molecule has 45 heavy (non-hydrogen) atoms. The van der Waals surface area contributed by atoms with E-state index in [1.54, 1.807) is 0 Å². The van der Waals surface area contributed by atoms with Crippen molar-refractivity contribution in [3.05, 3.63) is 163 Å². The van der Waals surface area contributed by atoms with Gasteiger partial charge in [-0.15, -0.1) is 11.3 Å². The molecule has 0 amide bonds. The van der Waals surface area contributed by atoms with Crippen LogP contribution in [0.1, 0.15) is 25.0 Å². The highest BCUT2D eigenvalue weighted by Crippen LogP contribution is 2.52. The van der Waals surface area contributed by atoms with Crippen LogP contribution in [0.4, 0.5) is 17.1 Å². The molecule has 0 atom stereocenters. The maximum absolute atomic E-state index is 2.47. The molecular formula is C43H31NS. The molecular weight excluding hydrogens is 563 g/mol. The second kappa shape index (κ2) is 9.92. The zero-order valence-electron chi connectivity index (χ0n) is 25.3. The number of nitrogens with zero attached hydrogens (tertiary/aromatic N) is 1. The van der Waals surface area contributed by atoms with Crippen molar-refractivity contribution in [2.24, 2.45) is 0 Å². The Bertz CT molecular complexity index is 2400. The highest BCUT2D eigenvalue weighted by molar-refractivity contribution is 7.26. The van der Waals surface area contributed by atoms with E-state index in [0.717, 1.165) is 5.69 Å². The quantitative estimate of drug-likeness (QED) is 0.196. The fourth-order valence-electron chi connectivity index (χ4n) is 7.41. The fraction of sp³-hybridized carbons (Fsp3) is 0.0698. The van der Waals surface area contributed by atoms with Crippen LogP contribution in [0, 0.1) is 0 Å². The summed E-state index contributed by atoms with van der Waals surface area (Å²) in [6.45, 7) is 4.72. The van der Waals surface area contributed by atoms with Gasteiger partial charge in [-0.2, -0.15) is 0 Å². The topological polar surface area (TPSA) is 3.24 Å². The Balaban J connectivity index is 1.29. The molecule has 0 radical (unpaired) electrons. The normalized spacial score (nSPS) is 13.3. The molecule has 9 rings (SSSR count). The monoisotopic (exact) mass is 593 g/mol. The van der Waals surface area contributed by atoms with Gasteiger partial charge in [0, 0.05) is 37.0 Å². The molecule has 0 N–H and O–H groups in total. The summed E-state index contributed by atoms with van der Waals surface area (Å²) in [5.41, 5.74) is 11.4. The third-order valence-corrected chi connectivity index (χ3v) is 10.9. The minimum absolute atomic E-state index is 0.0786. The number of thiophene rings is 1. The third-order valence-electron chi connectivity index (χ3n) is 9.66. The minimum Gasteiger partial charge on any atom is -0.310 e. The van der Waals surface area contributed by atoms with E-state index in [1.165, 1.54) is 75.7 Å². The van der Waals surface area contributed by atoms with E-state index in [4.69, 9.17) is 0 Å². The lowest BCUT2D eigenvalue weighted by atomic mass is 9.82. The minimum atomic E-state index is -0.0786. The zero-order valence-corrected chi connectivity index (χ0v) is 26.1. The lowest BCUT2D eigenvalue weighted by Gasteiger charge is -2.29. The van der Waals surface area contributed by atoms with E-state index in [9.17, 15) is 0 Å². The van der Waals surface area contributed by atoms with Crippen LogP contribution in [-0.2, 0) is 5.41 Å². The predicted molar refractivity (Wildman–Crippen MR) is 195 cm³/mol. The van der Waals surface area contributed by atoms with E-state index in [1.807, 2.05) is 11.3 Å². The Morgan fingerprint density at radius 1 is 0.511 bits per heavy atom. The lowest BCUT2D eigenvalue weighted by Crippen LogP contribution is -2.16. The van der Waals surface area contributed by atoms with Gasteiger partial charge in [0.25, 0.3) is 0 Å². The number of hydrogen-bond acceptors (Lipinski definition) is 2. The summed E-state index contributed by atoms with van der Waals surface area (Å²) in [6, 6.07) is 55.8. The Labute approximate surface area is 267 Å². The summed E-state index contributed by atoms with van der Waals surface area (Å²) >= 11 is 1.90. The third kappa shape index (κ3) is 3.99. The van der Waals surface area contributed by atoms with Crippen LogP contribution in [0.2, 0.25) is 0 Å². The molecule has 0 bridgehead atoms. The highest BCUT2D eigenvalue weighted by Gasteiger charge is 2.35. The maximum Gasteiger partial charge on any atom is 0.0554 e. The van der Waals surface area contributed by atoms with Crippen LogP contribution in [0.15, 0.2) is 152 Å². The summed E-state index contributed by atoms with van der Waals surface area (Å²) in [6.07, 6.45) is 0. The molecule has 2 heteroatoms. The van der Waals surface area contributed by atoms with E-state index >= 15 is 0 Å². The van der Waals surface area contributed by atoms with Crippen LogP contribution >= 0.6 is 11.3 Å². The maximum atomic E-state index is 2.47. The van der Waals surface area contributed by atoms with E-state index < -0.39 is 0 Å². The van der Waals surface area contributed by atoms with Gasteiger partial charge in [-0.1, -0.05) is 129 Å². The summed E-state index contributed by atoms with van der Waals surface area (Å²) in [5, 5.41) is 5.22. The molecule has 0 aliphatic heterocycles. The van der Waals surface area contributed by atoms with Crippen LogP contribution in [0.3, 0.4) is 0 Å². The Morgan fingerprint density at radius 2 is 1.22 bits per heavy atom. The number of benzene rings is 7. The number of anilines is 3. The first-order valence-corrected chi connectivity index (χ1v) is 16.4. The first kappa shape index (κ1) is 26.2. The van der Waals surface area contributed by atoms with Gasteiger partial charge >= 0.3 is 0 Å². The second-order valence-corrected chi connectivity index (χ2v) is 13.6. The highest BCUT2D eigenvalue weighted by atomic mass is 32.1. The van der Waals surface area contributed by atoms with Crippen molar-refractivity contribution in [3.8, 4) is 22.3 Å².